The molecule has 0 atom stereocenters. The summed E-state index contributed by atoms with van der Waals surface area (Å²) in [6, 6.07) is 2.00. The first-order chi connectivity index (χ1) is 5.88. The van der Waals surface area contributed by atoms with E-state index in [2.05, 4.69) is 18.8 Å². The number of hydrogen-bond acceptors (Lipinski definition) is 2. The summed E-state index contributed by atoms with van der Waals surface area (Å²) in [6.45, 7) is 4.99. The predicted octanol–water partition coefficient (Wildman–Crippen LogP) is 2.43. The summed E-state index contributed by atoms with van der Waals surface area (Å²) in [4.78, 5) is 4.02. The molecule has 1 aromatic heterocycles. The van der Waals surface area contributed by atoms with Gasteiger partial charge in [-0.3, -0.25) is 4.98 Å². The molecule has 0 bridgehead atoms. The monoisotopic (exact) mass is 165 g/mol. The maximum Gasteiger partial charge on any atom is 0.140 e. The summed E-state index contributed by atoms with van der Waals surface area (Å²) >= 11 is 0. The SMILES string of the molecule is CCCOc1cnccc1CC. The van der Waals surface area contributed by atoms with E-state index in [1.54, 1.807) is 12.4 Å². The molecule has 66 valence electrons. The van der Waals surface area contributed by atoms with Gasteiger partial charge in [-0.2, -0.15) is 0 Å². The number of rotatable bonds is 4. The van der Waals surface area contributed by atoms with Gasteiger partial charge >= 0.3 is 0 Å². The molecule has 0 aromatic carbocycles. The van der Waals surface area contributed by atoms with Gasteiger partial charge in [0.15, 0.2) is 0 Å². The molecule has 0 aliphatic heterocycles. The lowest BCUT2D eigenvalue weighted by molar-refractivity contribution is 0.313. The molecule has 0 N–H and O–H groups in total. The van der Waals surface area contributed by atoms with Crippen molar-refractivity contribution in [2.45, 2.75) is 26.7 Å². The van der Waals surface area contributed by atoms with Crippen molar-refractivity contribution < 1.29 is 4.74 Å². The Bertz CT molecular complexity index is 235. The first kappa shape index (κ1) is 9.04. The highest BCUT2D eigenvalue weighted by Gasteiger charge is 1.99. The molecule has 0 aliphatic rings. The fourth-order valence-electron chi connectivity index (χ4n) is 1.04. The largest absolute Gasteiger partial charge is 0.492 e. The third-order valence-corrected chi connectivity index (χ3v) is 1.71. The van der Waals surface area contributed by atoms with Crippen LogP contribution in [0.25, 0.3) is 0 Å². The summed E-state index contributed by atoms with van der Waals surface area (Å²) in [6.07, 6.45) is 5.63. The Morgan fingerprint density at radius 2 is 2.25 bits per heavy atom. The Morgan fingerprint density at radius 3 is 2.92 bits per heavy atom. The quantitative estimate of drug-likeness (QED) is 0.683. The molecule has 1 aromatic rings. The van der Waals surface area contributed by atoms with Crippen molar-refractivity contribution in [1.82, 2.24) is 4.98 Å². The molecule has 0 spiro atoms. The van der Waals surface area contributed by atoms with Gasteiger partial charge in [0.1, 0.15) is 5.75 Å². The zero-order chi connectivity index (χ0) is 8.81. The average Bonchev–Trinajstić information content (AvgIpc) is 2.15. The molecule has 0 unspecified atom stereocenters. The Kier molecular flexibility index (Phi) is 3.58. The van der Waals surface area contributed by atoms with E-state index < -0.39 is 0 Å². The molecule has 0 aliphatic carbocycles. The summed E-state index contributed by atoms with van der Waals surface area (Å²) in [7, 11) is 0. The smallest absolute Gasteiger partial charge is 0.140 e. The lowest BCUT2D eigenvalue weighted by atomic mass is 10.2. The van der Waals surface area contributed by atoms with E-state index in [1.165, 1.54) is 5.56 Å². The second-order valence-electron chi connectivity index (χ2n) is 2.69. The Labute approximate surface area is 73.6 Å². The topological polar surface area (TPSA) is 22.1 Å². The predicted molar refractivity (Wildman–Crippen MR) is 49.4 cm³/mol. The van der Waals surface area contributed by atoms with Crippen molar-refractivity contribution in [2.24, 2.45) is 0 Å². The van der Waals surface area contributed by atoms with Crippen LogP contribution in [0.5, 0.6) is 5.75 Å². The van der Waals surface area contributed by atoms with Crippen LogP contribution in [0.15, 0.2) is 18.5 Å². The average molecular weight is 165 g/mol. The number of hydrogen-bond donors (Lipinski definition) is 0. The minimum Gasteiger partial charge on any atom is -0.492 e. The third kappa shape index (κ3) is 2.22. The fourth-order valence-corrected chi connectivity index (χ4v) is 1.04. The second kappa shape index (κ2) is 4.75. The minimum atomic E-state index is 0.776. The highest BCUT2D eigenvalue weighted by atomic mass is 16.5. The Balaban J connectivity index is 2.68. The molecule has 1 heterocycles. The van der Waals surface area contributed by atoms with Crippen molar-refractivity contribution in [1.29, 1.82) is 0 Å². The van der Waals surface area contributed by atoms with E-state index in [1.807, 2.05) is 6.07 Å². The molecule has 0 radical (unpaired) electrons. The van der Waals surface area contributed by atoms with Crippen LogP contribution >= 0.6 is 0 Å². The molecular weight excluding hydrogens is 150 g/mol. The summed E-state index contributed by atoms with van der Waals surface area (Å²) in [5.41, 5.74) is 1.23. The molecule has 12 heavy (non-hydrogen) atoms. The summed E-state index contributed by atoms with van der Waals surface area (Å²) in [5, 5.41) is 0. The van der Waals surface area contributed by atoms with Crippen LogP contribution < -0.4 is 4.74 Å². The van der Waals surface area contributed by atoms with Crippen molar-refractivity contribution in [3.63, 3.8) is 0 Å². The zero-order valence-corrected chi connectivity index (χ0v) is 7.71. The molecule has 1 rings (SSSR count). The Hall–Kier alpha value is -1.05. The standard InChI is InChI=1S/C10H15NO/c1-3-7-12-10-8-11-6-5-9(10)4-2/h5-6,8H,3-4,7H2,1-2H3. The van der Waals surface area contributed by atoms with Crippen molar-refractivity contribution >= 4 is 0 Å². The van der Waals surface area contributed by atoms with Gasteiger partial charge < -0.3 is 4.74 Å². The van der Waals surface area contributed by atoms with Crippen LogP contribution in [0.2, 0.25) is 0 Å². The van der Waals surface area contributed by atoms with Gasteiger partial charge in [0.2, 0.25) is 0 Å². The number of nitrogens with zero attached hydrogens (tertiary/aromatic N) is 1. The van der Waals surface area contributed by atoms with Crippen LogP contribution in [-0.2, 0) is 6.42 Å². The highest BCUT2D eigenvalue weighted by molar-refractivity contribution is 5.29. The van der Waals surface area contributed by atoms with Crippen LogP contribution in [-0.4, -0.2) is 11.6 Å². The van der Waals surface area contributed by atoms with Gasteiger partial charge in [-0.15, -0.1) is 0 Å². The van der Waals surface area contributed by atoms with Gasteiger partial charge in [0.05, 0.1) is 12.8 Å². The molecule has 0 saturated heterocycles. The summed E-state index contributed by atoms with van der Waals surface area (Å²) < 4.78 is 5.51. The second-order valence-corrected chi connectivity index (χ2v) is 2.69. The Morgan fingerprint density at radius 1 is 1.42 bits per heavy atom. The van der Waals surface area contributed by atoms with E-state index in [9.17, 15) is 0 Å². The van der Waals surface area contributed by atoms with E-state index in [0.717, 1.165) is 25.2 Å². The highest BCUT2D eigenvalue weighted by Crippen LogP contribution is 2.16. The van der Waals surface area contributed by atoms with E-state index in [4.69, 9.17) is 4.74 Å². The van der Waals surface area contributed by atoms with E-state index >= 15 is 0 Å². The van der Waals surface area contributed by atoms with Gasteiger partial charge in [-0.25, -0.2) is 0 Å². The summed E-state index contributed by atoms with van der Waals surface area (Å²) in [5.74, 6) is 0.932. The first-order valence-electron chi connectivity index (χ1n) is 4.44. The van der Waals surface area contributed by atoms with Gasteiger partial charge in [-0.05, 0) is 24.5 Å². The van der Waals surface area contributed by atoms with Gasteiger partial charge in [-0.1, -0.05) is 13.8 Å². The van der Waals surface area contributed by atoms with E-state index in [0.29, 0.717) is 0 Å². The van der Waals surface area contributed by atoms with Crippen molar-refractivity contribution in [3.8, 4) is 5.75 Å². The normalized spacial score (nSPS) is 9.83. The van der Waals surface area contributed by atoms with Crippen LogP contribution in [0, 0.1) is 0 Å². The molecule has 2 heteroatoms. The van der Waals surface area contributed by atoms with E-state index in [-0.39, 0.29) is 0 Å². The van der Waals surface area contributed by atoms with Gasteiger partial charge in [0, 0.05) is 6.20 Å². The lowest BCUT2D eigenvalue weighted by Gasteiger charge is -2.07. The van der Waals surface area contributed by atoms with Crippen LogP contribution in [0.3, 0.4) is 0 Å². The first-order valence-corrected chi connectivity index (χ1v) is 4.44. The molecule has 0 fully saturated rings. The maximum atomic E-state index is 5.51. The molecule has 2 nitrogen and oxygen atoms in total. The van der Waals surface area contributed by atoms with Crippen molar-refractivity contribution in [3.05, 3.63) is 24.0 Å². The lowest BCUT2D eigenvalue weighted by Crippen LogP contribution is -1.98. The fraction of sp³-hybridized carbons (Fsp3) is 0.500. The zero-order valence-electron chi connectivity index (χ0n) is 7.71. The number of aryl methyl sites for hydroxylation is 1. The molecule has 0 saturated carbocycles. The molecule has 0 amide bonds. The number of aromatic nitrogens is 1. The van der Waals surface area contributed by atoms with Crippen LogP contribution in [0.1, 0.15) is 25.8 Å². The number of ether oxygens (including phenoxy) is 1. The van der Waals surface area contributed by atoms with Gasteiger partial charge in [0.25, 0.3) is 0 Å². The molecular formula is C10H15NO. The maximum absolute atomic E-state index is 5.51. The minimum absolute atomic E-state index is 0.776. The van der Waals surface area contributed by atoms with Crippen LogP contribution in [0.4, 0.5) is 0 Å². The third-order valence-electron chi connectivity index (χ3n) is 1.71. The number of pyridine rings is 1. The van der Waals surface area contributed by atoms with Crippen molar-refractivity contribution in [2.75, 3.05) is 6.61 Å².